The highest BCUT2D eigenvalue weighted by molar-refractivity contribution is 7.82. The van der Waals surface area contributed by atoms with Crippen molar-refractivity contribution in [3.05, 3.63) is 59.7 Å². The minimum atomic E-state index is -6.03. The molecule has 0 atom stereocenters. The summed E-state index contributed by atoms with van der Waals surface area (Å²) >= 11 is 0. The van der Waals surface area contributed by atoms with E-state index < -0.39 is 61.4 Å². The highest BCUT2D eigenvalue weighted by atomic mass is 32.3. The van der Waals surface area contributed by atoms with Crippen LogP contribution in [-0.4, -0.2) is 29.2 Å². The molecule has 0 heterocycles. The van der Waals surface area contributed by atoms with Gasteiger partial charge in [-0.3, -0.25) is 0 Å². The molecule has 0 aliphatic carbocycles. The van der Waals surface area contributed by atoms with E-state index in [0.29, 0.717) is 24.3 Å². The number of halogens is 8. The number of hydrogen-bond donors (Lipinski definition) is 0. The van der Waals surface area contributed by atoms with Gasteiger partial charge in [-0.25, -0.2) is 0 Å². The van der Waals surface area contributed by atoms with Crippen molar-refractivity contribution in [3.63, 3.8) is 0 Å². The third kappa shape index (κ3) is 6.69. The van der Waals surface area contributed by atoms with E-state index in [1.807, 2.05) is 0 Å². The molecule has 0 amide bonds. The lowest BCUT2D eigenvalue weighted by Crippen LogP contribution is -2.54. The Morgan fingerprint density at radius 1 is 0.545 bits per heavy atom. The second-order valence-electron chi connectivity index (χ2n) is 5.75. The number of alkyl halides is 6. The smallest absolute Gasteiger partial charge is 0.358 e. The fourth-order valence-electron chi connectivity index (χ4n) is 2.73. The molecule has 0 radical (unpaired) electrons. The third-order valence-corrected chi connectivity index (χ3v) is 4.60. The number of hydrogen-bond acceptors (Lipinski definition) is 6. The molecule has 16 heteroatoms. The summed E-state index contributed by atoms with van der Waals surface area (Å²) in [6, 6.07) is 2.35. The van der Waals surface area contributed by atoms with Gasteiger partial charge in [-0.1, -0.05) is 46.9 Å². The molecule has 6 nitrogen and oxygen atoms in total. The van der Waals surface area contributed by atoms with E-state index in [1.54, 1.807) is 0 Å². The van der Waals surface area contributed by atoms with Crippen LogP contribution in [0.3, 0.4) is 0 Å². The van der Waals surface area contributed by atoms with E-state index in [2.05, 4.69) is 8.37 Å². The highest BCUT2D eigenvalue weighted by Gasteiger charge is 2.72. The van der Waals surface area contributed by atoms with Crippen LogP contribution in [0.2, 0.25) is 0 Å². The molecule has 0 bridgehead atoms. The van der Waals surface area contributed by atoms with Crippen molar-refractivity contribution < 1.29 is 59.3 Å². The molecule has 0 spiro atoms. The Morgan fingerprint density at radius 2 is 0.788 bits per heavy atom. The number of benzene rings is 2. The molecule has 0 unspecified atom stereocenters. The molecule has 2 rings (SSSR count). The molecule has 0 saturated heterocycles. The maximum atomic E-state index is 13.9. The Labute approximate surface area is 184 Å². The normalized spacial score (nSPS) is 12.8. The first-order valence-corrected chi connectivity index (χ1v) is 10.1. The lowest BCUT2D eigenvalue weighted by molar-refractivity contribution is -0.288. The Balaban J connectivity index is 0.00000512. The molecule has 2 aromatic carbocycles. The van der Waals surface area contributed by atoms with Crippen LogP contribution in [0.5, 0.6) is 11.5 Å². The van der Waals surface area contributed by atoms with Crippen LogP contribution in [0.4, 0.5) is 34.1 Å². The molecule has 0 aromatic heterocycles. The van der Waals surface area contributed by atoms with Crippen LogP contribution >= 0.6 is 0 Å². The van der Waals surface area contributed by atoms with Gasteiger partial charge in [-0.15, -0.1) is 0 Å². The highest BCUT2D eigenvalue weighted by Crippen LogP contribution is 2.56. The van der Waals surface area contributed by atoms with Crippen LogP contribution in [-0.2, 0) is 26.4 Å². The van der Waals surface area contributed by atoms with Gasteiger partial charge in [0.2, 0.25) is 5.41 Å². The second-order valence-corrected chi connectivity index (χ2v) is 7.65. The van der Waals surface area contributed by atoms with Gasteiger partial charge in [0.15, 0.2) is 0 Å². The van der Waals surface area contributed by atoms with E-state index in [-0.39, 0.29) is 39.1 Å². The fourth-order valence-corrected chi connectivity index (χ4v) is 3.41. The zero-order valence-electron chi connectivity index (χ0n) is 14.4. The summed E-state index contributed by atoms with van der Waals surface area (Å²) < 4.78 is 158. The summed E-state index contributed by atoms with van der Waals surface area (Å²) in [5, 5.41) is 0. The molecule has 188 valence electrons. The lowest BCUT2D eigenvalue weighted by atomic mass is 9.73. The van der Waals surface area contributed by atoms with E-state index in [0.717, 1.165) is 0 Å². The molecule has 33 heavy (non-hydrogen) atoms. The molecule has 0 N–H and O–H groups in total. The van der Waals surface area contributed by atoms with Crippen LogP contribution in [0.25, 0.3) is 0 Å². The maximum Gasteiger partial charge on any atom is 0.488 e. The molecular formula is C17H16F8O6S2. The number of rotatable bonds is 6. The average molecular weight is 532 g/mol. The van der Waals surface area contributed by atoms with Crippen molar-refractivity contribution >= 4 is 21.0 Å². The minimum Gasteiger partial charge on any atom is -0.358 e. The molecular weight excluding hydrogens is 516 g/mol. The van der Waals surface area contributed by atoms with Gasteiger partial charge >= 0.3 is 33.4 Å². The largest absolute Gasteiger partial charge is 0.488 e. The molecule has 0 aliphatic heterocycles. The average Bonchev–Trinajstić information content (AvgIpc) is 2.53. The summed E-state index contributed by atoms with van der Waals surface area (Å²) in [7, 11) is -11.2. The van der Waals surface area contributed by atoms with Crippen LogP contribution in [0.15, 0.2) is 48.5 Å². The molecule has 0 aliphatic rings. The van der Waals surface area contributed by atoms with Gasteiger partial charge in [0.05, 0.1) is 0 Å². The summed E-state index contributed by atoms with van der Waals surface area (Å²) in [6.07, 6.45) is -12.1. The van der Waals surface area contributed by atoms with E-state index in [1.165, 1.54) is 0 Å². The van der Waals surface area contributed by atoms with E-state index >= 15 is 0 Å². The third-order valence-electron chi connectivity index (χ3n) is 3.82. The predicted molar refractivity (Wildman–Crippen MR) is 101 cm³/mol. The van der Waals surface area contributed by atoms with Crippen LogP contribution in [0, 0.1) is 0 Å². The minimum absolute atomic E-state index is 0. The first kappa shape index (κ1) is 30.4. The van der Waals surface area contributed by atoms with Gasteiger partial charge in [0.1, 0.15) is 11.5 Å². The Kier molecular flexibility index (Phi) is 8.93. The summed E-state index contributed by atoms with van der Waals surface area (Å²) in [5.41, 5.74) is -7.61. The van der Waals surface area contributed by atoms with Crippen molar-refractivity contribution in [1.29, 1.82) is 0 Å². The standard InChI is InChI=1S/C15H8F8O6S2.2CH4/c16-14(17,18)13(15(19,20)21,9-1-5-11(6-2-9)28-30(22,24)25)10-3-7-12(8-4-10)29-31(23,26)27;;/h1-8H;2*1H4. The summed E-state index contributed by atoms with van der Waals surface area (Å²) in [6.45, 7) is 0. The zero-order valence-corrected chi connectivity index (χ0v) is 16.0. The predicted octanol–water partition coefficient (Wildman–Crippen LogP) is 5.56. The van der Waals surface area contributed by atoms with Crippen molar-refractivity contribution in [1.82, 2.24) is 0 Å². The molecule has 2 aromatic rings. The topological polar surface area (TPSA) is 86.7 Å². The summed E-state index contributed by atoms with van der Waals surface area (Å²) in [4.78, 5) is 0. The summed E-state index contributed by atoms with van der Waals surface area (Å²) in [5.74, 6) is -1.80. The SMILES string of the molecule is C.C.O=S(=O)(F)Oc1ccc(C(c2ccc(OS(=O)(=O)F)cc2)(C(F)(F)F)C(F)(F)F)cc1. The zero-order chi connectivity index (χ0) is 23.9. The Morgan fingerprint density at radius 3 is 0.970 bits per heavy atom. The molecule has 0 fully saturated rings. The Bertz CT molecular complexity index is 1050. The van der Waals surface area contributed by atoms with Crippen molar-refractivity contribution in [3.8, 4) is 11.5 Å². The van der Waals surface area contributed by atoms with Gasteiger partial charge in [0, 0.05) is 0 Å². The van der Waals surface area contributed by atoms with Gasteiger partial charge in [0.25, 0.3) is 0 Å². The first-order chi connectivity index (χ1) is 13.9. The maximum absolute atomic E-state index is 13.9. The van der Waals surface area contributed by atoms with Gasteiger partial charge < -0.3 is 8.37 Å². The first-order valence-electron chi connectivity index (χ1n) is 7.49. The quantitative estimate of drug-likeness (QED) is 0.358. The van der Waals surface area contributed by atoms with Crippen LogP contribution in [0.1, 0.15) is 26.0 Å². The lowest BCUT2D eigenvalue weighted by Gasteiger charge is -2.38. The molecule has 0 saturated carbocycles. The van der Waals surface area contributed by atoms with Crippen molar-refractivity contribution in [2.75, 3.05) is 0 Å². The van der Waals surface area contributed by atoms with Crippen molar-refractivity contribution in [2.24, 2.45) is 0 Å². The van der Waals surface area contributed by atoms with Gasteiger partial charge in [-0.2, -0.15) is 43.2 Å². The van der Waals surface area contributed by atoms with Gasteiger partial charge in [-0.05, 0) is 35.4 Å². The second kappa shape index (κ2) is 9.70. The van der Waals surface area contributed by atoms with Crippen LogP contribution < -0.4 is 8.37 Å². The van der Waals surface area contributed by atoms with E-state index in [4.69, 9.17) is 0 Å². The monoisotopic (exact) mass is 532 g/mol. The fraction of sp³-hybridized carbons (Fsp3) is 0.294. The van der Waals surface area contributed by atoms with E-state index in [9.17, 15) is 50.9 Å². The van der Waals surface area contributed by atoms with Crippen molar-refractivity contribution in [2.45, 2.75) is 32.6 Å². The Hall–Kier alpha value is -2.62.